The molecule has 0 unspecified atom stereocenters. The largest absolute Gasteiger partial charge is 0.497 e. The van der Waals surface area contributed by atoms with Crippen LogP contribution in [0.4, 0.5) is 0 Å². The van der Waals surface area contributed by atoms with Gasteiger partial charge in [-0.1, -0.05) is 43.7 Å². The van der Waals surface area contributed by atoms with E-state index in [4.69, 9.17) is 14.6 Å². The maximum Gasteiger partial charge on any atom is 0.271 e. The van der Waals surface area contributed by atoms with Crippen molar-refractivity contribution in [3.63, 3.8) is 0 Å². The summed E-state index contributed by atoms with van der Waals surface area (Å²) in [6, 6.07) is 26.5. The zero-order valence-corrected chi connectivity index (χ0v) is 24.4. The van der Waals surface area contributed by atoms with Gasteiger partial charge in [-0.2, -0.15) is 10.4 Å². The number of carbonyl (C=O) groups excluding carboxylic acids is 2. The highest BCUT2D eigenvalue weighted by molar-refractivity contribution is 6.19. The van der Waals surface area contributed by atoms with Crippen LogP contribution in [-0.2, 0) is 16.1 Å². The van der Waals surface area contributed by atoms with Gasteiger partial charge in [0.1, 0.15) is 23.1 Å². The third-order valence-corrected chi connectivity index (χ3v) is 7.28. The molecule has 0 fully saturated rings. The van der Waals surface area contributed by atoms with E-state index in [0.29, 0.717) is 29.2 Å². The summed E-state index contributed by atoms with van der Waals surface area (Å²) in [6.45, 7) is 4.42. The molecule has 3 aromatic carbocycles. The number of nitrogens with zero attached hydrogens (tertiary/aromatic N) is 4. The van der Waals surface area contributed by atoms with Crippen molar-refractivity contribution in [1.82, 2.24) is 14.7 Å². The summed E-state index contributed by atoms with van der Waals surface area (Å²) < 4.78 is 12.8. The van der Waals surface area contributed by atoms with Gasteiger partial charge in [-0.25, -0.2) is 4.68 Å². The topological polar surface area (TPSA) is 97.4 Å². The third kappa shape index (κ3) is 6.26. The van der Waals surface area contributed by atoms with Gasteiger partial charge in [-0.15, -0.1) is 0 Å². The second-order valence-corrected chi connectivity index (χ2v) is 10.2. The van der Waals surface area contributed by atoms with Crippen molar-refractivity contribution >= 4 is 17.9 Å². The van der Waals surface area contributed by atoms with E-state index in [-0.39, 0.29) is 17.7 Å². The normalized spacial score (nSPS) is 14.3. The highest BCUT2D eigenvalue weighted by atomic mass is 16.5. The molecule has 0 spiro atoms. The van der Waals surface area contributed by atoms with Crippen LogP contribution < -0.4 is 9.47 Å². The number of hydrogen-bond donors (Lipinski definition) is 0. The molecule has 216 valence electrons. The standard InChI is InChI=1S/C35H32N4O4/c1-4-5-19-43-30-17-13-26(14-18-30)33-27(23-39(37-33)28-9-7-6-8-10-28)20-31-24(2)32(21-36)35(41)38(34(31)40)22-25-11-15-29(42-3)16-12-25/h6-18,20,23H,4-5,19,22H2,1-3H3/b31-20+. The van der Waals surface area contributed by atoms with Gasteiger partial charge >= 0.3 is 0 Å². The summed E-state index contributed by atoms with van der Waals surface area (Å²) >= 11 is 0. The van der Waals surface area contributed by atoms with Gasteiger partial charge in [-0.05, 0) is 79.1 Å². The summed E-state index contributed by atoms with van der Waals surface area (Å²) in [4.78, 5) is 28.2. The first kappa shape index (κ1) is 29.1. The van der Waals surface area contributed by atoms with Crippen LogP contribution in [0.3, 0.4) is 0 Å². The van der Waals surface area contributed by atoms with E-state index >= 15 is 0 Å². The summed E-state index contributed by atoms with van der Waals surface area (Å²) in [5.41, 5.74) is 4.27. The molecule has 4 aromatic rings. The number of benzene rings is 3. The van der Waals surface area contributed by atoms with Crippen LogP contribution in [0.25, 0.3) is 23.0 Å². The van der Waals surface area contributed by atoms with E-state index in [9.17, 15) is 14.9 Å². The summed E-state index contributed by atoms with van der Waals surface area (Å²) in [5.74, 6) is 0.344. The van der Waals surface area contributed by atoms with E-state index < -0.39 is 11.8 Å². The van der Waals surface area contributed by atoms with Crippen LogP contribution in [0, 0.1) is 11.3 Å². The molecule has 0 aliphatic carbocycles. The molecular weight excluding hydrogens is 540 g/mol. The van der Waals surface area contributed by atoms with Crippen LogP contribution >= 0.6 is 0 Å². The van der Waals surface area contributed by atoms with E-state index in [0.717, 1.165) is 40.3 Å². The molecule has 0 atom stereocenters. The maximum atomic E-state index is 13.9. The number of carbonyl (C=O) groups is 2. The molecule has 43 heavy (non-hydrogen) atoms. The first-order valence-corrected chi connectivity index (χ1v) is 14.1. The molecule has 8 heteroatoms. The highest BCUT2D eigenvalue weighted by Gasteiger charge is 2.35. The number of methoxy groups -OCH3 is 1. The molecule has 0 saturated heterocycles. The Labute approximate surface area is 251 Å². The van der Waals surface area contributed by atoms with Gasteiger partial charge in [-0.3, -0.25) is 14.5 Å². The van der Waals surface area contributed by atoms with Crippen LogP contribution in [0.15, 0.2) is 102 Å². The molecule has 0 saturated carbocycles. The highest BCUT2D eigenvalue weighted by Crippen LogP contribution is 2.32. The molecule has 8 nitrogen and oxygen atoms in total. The molecule has 0 radical (unpaired) electrons. The van der Waals surface area contributed by atoms with Crippen LogP contribution in [0.2, 0.25) is 0 Å². The number of nitriles is 1. The first-order chi connectivity index (χ1) is 20.9. The molecular formula is C35H32N4O4. The molecule has 2 heterocycles. The summed E-state index contributed by atoms with van der Waals surface area (Å²) in [7, 11) is 1.57. The molecule has 1 aliphatic rings. The van der Waals surface area contributed by atoms with Crippen molar-refractivity contribution in [3.8, 4) is 34.5 Å². The Morgan fingerprint density at radius 1 is 0.930 bits per heavy atom. The van der Waals surface area contributed by atoms with Gasteiger partial charge in [0, 0.05) is 22.9 Å². The Morgan fingerprint density at radius 2 is 1.63 bits per heavy atom. The van der Waals surface area contributed by atoms with Crippen LogP contribution in [0.5, 0.6) is 11.5 Å². The number of ether oxygens (including phenoxy) is 2. The number of aromatic nitrogens is 2. The first-order valence-electron chi connectivity index (χ1n) is 14.1. The quantitative estimate of drug-likeness (QED) is 0.122. The van der Waals surface area contributed by atoms with Crippen LogP contribution in [0.1, 0.15) is 37.8 Å². The van der Waals surface area contributed by atoms with Gasteiger partial charge in [0.25, 0.3) is 11.8 Å². The fourth-order valence-corrected chi connectivity index (χ4v) is 4.82. The fourth-order valence-electron chi connectivity index (χ4n) is 4.82. The molecule has 5 rings (SSSR count). The van der Waals surface area contributed by atoms with Gasteiger partial charge in [0.15, 0.2) is 0 Å². The Kier molecular flexibility index (Phi) is 8.82. The van der Waals surface area contributed by atoms with Crippen molar-refractivity contribution in [2.75, 3.05) is 13.7 Å². The Morgan fingerprint density at radius 3 is 2.28 bits per heavy atom. The lowest BCUT2D eigenvalue weighted by Crippen LogP contribution is -2.42. The SMILES string of the molecule is CCCCOc1ccc(-c2nn(-c3ccccc3)cc2/C=C2/C(=O)N(Cc3ccc(OC)cc3)C(=O)C(C#N)=C2C)cc1. The van der Waals surface area contributed by atoms with E-state index in [1.165, 1.54) is 0 Å². The average molecular weight is 573 g/mol. The van der Waals surface area contributed by atoms with E-state index in [1.807, 2.05) is 66.9 Å². The Bertz CT molecular complexity index is 1730. The summed E-state index contributed by atoms with van der Waals surface area (Å²) in [6.07, 6.45) is 5.59. The van der Waals surface area contributed by atoms with Crippen molar-refractivity contribution < 1.29 is 19.1 Å². The molecule has 1 aromatic heterocycles. The second-order valence-electron chi connectivity index (χ2n) is 10.2. The average Bonchev–Trinajstić information content (AvgIpc) is 3.47. The zero-order valence-electron chi connectivity index (χ0n) is 24.4. The van der Waals surface area contributed by atoms with Crippen molar-refractivity contribution in [1.29, 1.82) is 5.26 Å². The Balaban J connectivity index is 1.57. The number of para-hydroxylation sites is 1. The number of amides is 2. The van der Waals surface area contributed by atoms with E-state index in [2.05, 4.69) is 6.92 Å². The predicted octanol–water partition coefficient (Wildman–Crippen LogP) is 6.52. The van der Waals surface area contributed by atoms with Gasteiger partial charge < -0.3 is 9.47 Å². The minimum atomic E-state index is -0.614. The van der Waals surface area contributed by atoms with Gasteiger partial charge in [0.05, 0.1) is 31.6 Å². The maximum absolute atomic E-state index is 13.9. The molecule has 2 amide bonds. The zero-order chi connectivity index (χ0) is 30.3. The van der Waals surface area contributed by atoms with Crippen molar-refractivity contribution in [2.45, 2.75) is 33.2 Å². The number of hydrogen-bond acceptors (Lipinski definition) is 6. The van der Waals surface area contributed by atoms with Crippen molar-refractivity contribution in [2.24, 2.45) is 0 Å². The third-order valence-electron chi connectivity index (χ3n) is 7.28. The van der Waals surface area contributed by atoms with E-state index in [1.54, 1.807) is 49.1 Å². The number of rotatable bonds is 10. The predicted molar refractivity (Wildman–Crippen MR) is 164 cm³/mol. The Hall–Kier alpha value is -5.42. The number of imide groups is 1. The molecule has 1 aliphatic heterocycles. The molecule has 0 N–H and O–H groups in total. The summed E-state index contributed by atoms with van der Waals surface area (Å²) in [5, 5.41) is 14.8. The second kappa shape index (κ2) is 13.0. The lowest BCUT2D eigenvalue weighted by molar-refractivity contribution is -0.141. The van der Waals surface area contributed by atoms with Crippen LogP contribution in [-0.4, -0.2) is 40.2 Å². The number of unbranched alkanes of at least 4 members (excludes halogenated alkanes) is 1. The van der Waals surface area contributed by atoms with Crippen molar-refractivity contribution in [3.05, 3.63) is 113 Å². The fraction of sp³-hybridized carbons (Fsp3) is 0.200. The smallest absolute Gasteiger partial charge is 0.271 e. The molecule has 0 bridgehead atoms. The minimum Gasteiger partial charge on any atom is -0.497 e. The minimum absolute atomic E-state index is 0.0209. The lowest BCUT2D eigenvalue weighted by atomic mass is 9.93. The van der Waals surface area contributed by atoms with Gasteiger partial charge in [0.2, 0.25) is 0 Å². The lowest BCUT2D eigenvalue weighted by Gasteiger charge is -2.27. The monoisotopic (exact) mass is 572 g/mol.